The van der Waals surface area contributed by atoms with E-state index in [1.54, 1.807) is 14.2 Å². The van der Waals surface area contributed by atoms with Crippen molar-refractivity contribution in [2.75, 3.05) is 32.7 Å². The predicted octanol–water partition coefficient (Wildman–Crippen LogP) is 4.34. The van der Waals surface area contributed by atoms with E-state index in [0.29, 0.717) is 0 Å². The van der Waals surface area contributed by atoms with Gasteiger partial charge in [-0.25, -0.2) is 4.98 Å². The minimum atomic E-state index is 0. The molecule has 1 N–H and O–H groups in total. The van der Waals surface area contributed by atoms with Crippen molar-refractivity contribution in [3.05, 3.63) is 42.1 Å². The number of rotatable bonds is 6. The molecule has 1 fully saturated rings. The number of methoxy groups -OCH3 is 2. The normalized spacial score (nSPS) is 16.0. The molecular formula is C21H26ClN3O3. The molecule has 1 aliphatic rings. The van der Waals surface area contributed by atoms with Gasteiger partial charge in [0, 0.05) is 31.0 Å². The first-order valence-corrected chi connectivity index (χ1v) is 9.26. The van der Waals surface area contributed by atoms with Crippen LogP contribution in [-0.2, 0) is 4.74 Å². The second-order valence-electron chi connectivity index (χ2n) is 6.83. The lowest BCUT2D eigenvalue weighted by molar-refractivity contribution is 0.120. The molecular weight excluding hydrogens is 378 g/mol. The van der Waals surface area contributed by atoms with Gasteiger partial charge in [-0.3, -0.25) is 4.40 Å². The SMILES string of the molecule is COc1ccc(-c2nc3ccc(C)cn3c2NCC2CCCO2)c(OC)c1.Cl. The molecule has 0 radical (unpaired) electrons. The second kappa shape index (κ2) is 8.71. The number of anilines is 1. The number of hydrogen-bond acceptors (Lipinski definition) is 5. The molecule has 3 aromatic rings. The number of nitrogens with zero attached hydrogens (tertiary/aromatic N) is 2. The fourth-order valence-electron chi connectivity index (χ4n) is 3.52. The third kappa shape index (κ3) is 3.88. The third-order valence-corrected chi connectivity index (χ3v) is 4.95. The average Bonchev–Trinajstić information content (AvgIpc) is 3.33. The number of hydrogen-bond donors (Lipinski definition) is 1. The zero-order valence-corrected chi connectivity index (χ0v) is 17.2. The Balaban J connectivity index is 0.00000225. The van der Waals surface area contributed by atoms with Crippen molar-refractivity contribution in [2.45, 2.75) is 25.9 Å². The van der Waals surface area contributed by atoms with Gasteiger partial charge in [0.25, 0.3) is 0 Å². The summed E-state index contributed by atoms with van der Waals surface area (Å²) in [5, 5.41) is 3.57. The lowest BCUT2D eigenvalue weighted by Crippen LogP contribution is -2.19. The van der Waals surface area contributed by atoms with Crippen LogP contribution in [0.25, 0.3) is 16.9 Å². The van der Waals surface area contributed by atoms with E-state index in [2.05, 4.69) is 28.9 Å². The number of fused-ring (bicyclic) bond motifs is 1. The van der Waals surface area contributed by atoms with E-state index in [9.17, 15) is 0 Å². The molecule has 2 aromatic heterocycles. The highest BCUT2D eigenvalue weighted by Crippen LogP contribution is 2.37. The number of ether oxygens (including phenoxy) is 3. The Labute approximate surface area is 171 Å². The first kappa shape index (κ1) is 20.3. The molecule has 4 rings (SSSR count). The molecule has 1 aromatic carbocycles. The van der Waals surface area contributed by atoms with Gasteiger partial charge in [-0.1, -0.05) is 6.07 Å². The van der Waals surface area contributed by atoms with Crippen molar-refractivity contribution in [2.24, 2.45) is 0 Å². The maximum Gasteiger partial charge on any atom is 0.139 e. The molecule has 150 valence electrons. The molecule has 1 atom stereocenters. The number of pyridine rings is 1. The van der Waals surface area contributed by atoms with Crippen molar-refractivity contribution in [3.8, 4) is 22.8 Å². The molecule has 1 saturated heterocycles. The van der Waals surface area contributed by atoms with Gasteiger partial charge in [-0.05, 0) is 43.5 Å². The van der Waals surface area contributed by atoms with Gasteiger partial charge in [-0.2, -0.15) is 0 Å². The highest BCUT2D eigenvalue weighted by molar-refractivity contribution is 5.85. The number of halogens is 1. The van der Waals surface area contributed by atoms with E-state index >= 15 is 0 Å². The van der Waals surface area contributed by atoms with Crippen LogP contribution in [-0.4, -0.2) is 42.9 Å². The molecule has 3 heterocycles. The Morgan fingerprint density at radius 1 is 1.21 bits per heavy atom. The number of nitrogens with one attached hydrogen (secondary N) is 1. The fourth-order valence-corrected chi connectivity index (χ4v) is 3.52. The second-order valence-corrected chi connectivity index (χ2v) is 6.83. The Morgan fingerprint density at radius 3 is 2.79 bits per heavy atom. The van der Waals surface area contributed by atoms with Gasteiger partial charge < -0.3 is 19.5 Å². The molecule has 28 heavy (non-hydrogen) atoms. The minimum absolute atomic E-state index is 0. The van der Waals surface area contributed by atoms with E-state index < -0.39 is 0 Å². The van der Waals surface area contributed by atoms with Gasteiger partial charge in [0.15, 0.2) is 0 Å². The Kier molecular flexibility index (Phi) is 6.31. The highest BCUT2D eigenvalue weighted by atomic mass is 35.5. The lowest BCUT2D eigenvalue weighted by atomic mass is 10.1. The van der Waals surface area contributed by atoms with Crippen LogP contribution in [0.1, 0.15) is 18.4 Å². The molecule has 7 heteroatoms. The van der Waals surface area contributed by atoms with Gasteiger partial charge in [0.2, 0.25) is 0 Å². The summed E-state index contributed by atoms with van der Waals surface area (Å²) in [6.45, 7) is 3.68. The van der Waals surface area contributed by atoms with Crippen molar-refractivity contribution >= 4 is 23.9 Å². The van der Waals surface area contributed by atoms with Crippen LogP contribution in [0.4, 0.5) is 5.82 Å². The van der Waals surface area contributed by atoms with Crippen LogP contribution in [0.15, 0.2) is 36.5 Å². The standard InChI is InChI=1S/C21H25N3O3.ClH/c1-14-6-9-19-23-20(17-8-7-15(25-2)11-18(17)26-3)21(24(19)13-14)22-12-16-5-4-10-27-16;/h6-9,11,13,16,22H,4-5,10,12H2,1-3H3;1H. The Hall–Kier alpha value is -2.44. The van der Waals surface area contributed by atoms with Crippen LogP contribution in [0.2, 0.25) is 0 Å². The Morgan fingerprint density at radius 2 is 2.07 bits per heavy atom. The molecule has 6 nitrogen and oxygen atoms in total. The zero-order chi connectivity index (χ0) is 18.8. The molecule has 0 bridgehead atoms. The lowest BCUT2D eigenvalue weighted by Gasteiger charge is -2.15. The number of imidazole rings is 1. The topological polar surface area (TPSA) is 57.0 Å². The summed E-state index contributed by atoms with van der Waals surface area (Å²) < 4.78 is 18.8. The summed E-state index contributed by atoms with van der Waals surface area (Å²) in [5.74, 6) is 2.44. The third-order valence-electron chi connectivity index (χ3n) is 4.95. The van der Waals surface area contributed by atoms with E-state index in [0.717, 1.165) is 60.2 Å². The van der Waals surface area contributed by atoms with Crippen molar-refractivity contribution in [3.63, 3.8) is 0 Å². The first-order chi connectivity index (χ1) is 13.2. The number of benzene rings is 1. The highest BCUT2D eigenvalue weighted by Gasteiger charge is 2.21. The van der Waals surface area contributed by atoms with Crippen LogP contribution in [0, 0.1) is 6.92 Å². The van der Waals surface area contributed by atoms with Crippen LogP contribution >= 0.6 is 12.4 Å². The minimum Gasteiger partial charge on any atom is -0.497 e. The van der Waals surface area contributed by atoms with Gasteiger partial charge in [0.05, 0.1) is 20.3 Å². The van der Waals surface area contributed by atoms with E-state index in [4.69, 9.17) is 19.2 Å². The summed E-state index contributed by atoms with van der Waals surface area (Å²) in [6, 6.07) is 9.91. The van der Waals surface area contributed by atoms with Crippen LogP contribution in [0.5, 0.6) is 11.5 Å². The van der Waals surface area contributed by atoms with Gasteiger partial charge >= 0.3 is 0 Å². The first-order valence-electron chi connectivity index (χ1n) is 9.26. The van der Waals surface area contributed by atoms with Gasteiger partial charge in [0.1, 0.15) is 28.7 Å². The summed E-state index contributed by atoms with van der Waals surface area (Å²) in [7, 11) is 3.31. The number of aryl methyl sites for hydroxylation is 1. The molecule has 0 amide bonds. The fraction of sp³-hybridized carbons (Fsp3) is 0.381. The summed E-state index contributed by atoms with van der Waals surface area (Å²) >= 11 is 0. The van der Waals surface area contributed by atoms with E-state index in [1.165, 1.54) is 5.56 Å². The summed E-state index contributed by atoms with van der Waals surface area (Å²) in [6.07, 6.45) is 4.55. The van der Waals surface area contributed by atoms with E-state index in [-0.39, 0.29) is 18.5 Å². The molecule has 0 spiro atoms. The summed E-state index contributed by atoms with van der Waals surface area (Å²) in [4.78, 5) is 4.87. The van der Waals surface area contributed by atoms with Crippen molar-refractivity contribution < 1.29 is 14.2 Å². The monoisotopic (exact) mass is 403 g/mol. The average molecular weight is 404 g/mol. The maximum absolute atomic E-state index is 5.77. The van der Waals surface area contributed by atoms with Crippen molar-refractivity contribution in [1.82, 2.24) is 9.38 Å². The summed E-state index contributed by atoms with van der Waals surface area (Å²) in [5.41, 5.74) is 3.85. The molecule has 1 unspecified atom stereocenters. The zero-order valence-electron chi connectivity index (χ0n) is 16.4. The number of aromatic nitrogens is 2. The smallest absolute Gasteiger partial charge is 0.139 e. The van der Waals surface area contributed by atoms with Crippen LogP contribution in [0.3, 0.4) is 0 Å². The predicted molar refractivity (Wildman–Crippen MR) is 113 cm³/mol. The molecule has 0 aliphatic carbocycles. The largest absolute Gasteiger partial charge is 0.497 e. The van der Waals surface area contributed by atoms with Gasteiger partial charge in [-0.15, -0.1) is 12.4 Å². The van der Waals surface area contributed by atoms with E-state index in [1.807, 2.05) is 24.3 Å². The molecule has 1 aliphatic heterocycles. The van der Waals surface area contributed by atoms with Crippen LogP contribution < -0.4 is 14.8 Å². The molecule has 0 saturated carbocycles. The Bertz CT molecular complexity index is 951. The maximum atomic E-state index is 5.77. The van der Waals surface area contributed by atoms with Crippen molar-refractivity contribution in [1.29, 1.82) is 0 Å². The quantitative estimate of drug-likeness (QED) is 0.663.